The van der Waals surface area contributed by atoms with Crippen LogP contribution in [0.5, 0.6) is 0 Å². The number of rotatable bonds is 12. The van der Waals surface area contributed by atoms with E-state index in [9.17, 15) is 18.3 Å². The molecule has 0 bridgehead atoms. The predicted molar refractivity (Wildman–Crippen MR) is 90.2 cm³/mol. The Bertz CT molecular complexity index is 346. The lowest BCUT2D eigenvalue weighted by Crippen LogP contribution is -2.39. The van der Waals surface area contributed by atoms with E-state index in [1.165, 1.54) is 0 Å². The molecule has 8 heteroatoms. The van der Waals surface area contributed by atoms with Gasteiger partial charge in [0.25, 0.3) is 0 Å². The lowest BCUT2D eigenvalue weighted by atomic mass is 9.79. The Hall–Kier alpha value is -1.02. The number of nitrogens with zero attached hydrogens (tertiary/aromatic N) is 1. The Morgan fingerprint density at radius 2 is 1.79 bits per heavy atom. The van der Waals surface area contributed by atoms with E-state index < -0.39 is 12.8 Å². The number of alkyl halides is 3. The van der Waals surface area contributed by atoms with Gasteiger partial charge in [-0.05, 0) is 38.0 Å². The zero-order valence-corrected chi connectivity index (χ0v) is 15.0. The van der Waals surface area contributed by atoms with Crippen molar-refractivity contribution in [2.45, 2.75) is 52.6 Å². The summed E-state index contributed by atoms with van der Waals surface area (Å²) in [4.78, 5) is 4.57. The fourth-order valence-corrected chi connectivity index (χ4v) is 2.30. The molecule has 0 aromatic rings. The summed E-state index contributed by atoms with van der Waals surface area (Å²) in [5, 5.41) is 15.5. The van der Waals surface area contributed by atoms with E-state index in [1.807, 2.05) is 6.92 Å². The van der Waals surface area contributed by atoms with Gasteiger partial charge in [-0.25, -0.2) is 0 Å². The van der Waals surface area contributed by atoms with Gasteiger partial charge in [0.2, 0.25) is 0 Å². The Kier molecular flexibility index (Phi) is 11.8. The number of halogens is 3. The van der Waals surface area contributed by atoms with Crippen molar-refractivity contribution in [2.24, 2.45) is 10.4 Å². The van der Waals surface area contributed by atoms with E-state index in [4.69, 9.17) is 0 Å². The maximum atomic E-state index is 11.9. The summed E-state index contributed by atoms with van der Waals surface area (Å²) in [7, 11) is 0. The molecular formula is C16H32F3N3O2. The fraction of sp³-hybridized carbons (Fsp3) is 0.938. The average Bonchev–Trinajstić information content (AvgIpc) is 2.53. The van der Waals surface area contributed by atoms with Crippen molar-refractivity contribution in [3.8, 4) is 0 Å². The first-order valence-corrected chi connectivity index (χ1v) is 8.60. The number of aliphatic imine (C=N–C) groups is 1. The second-order valence-corrected chi connectivity index (χ2v) is 5.82. The van der Waals surface area contributed by atoms with Crippen molar-refractivity contribution in [3.63, 3.8) is 0 Å². The first-order chi connectivity index (χ1) is 11.3. The highest BCUT2D eigenvalue weighted by Gasteiger charge is 2.27. The van der Waals surface area contributed by atoms with E-state index >= 15 is 0 Å². The van der Waals surface area contributed by atoms with Gasteiger partial charge < -0.3 is 20.5 Å². The smallest absolute Gasteiger partial charge is 0.396 e. The maximum Gasteiger partial charge on any atom is 0.411 e. The quantitative estimate of drug-likeness (QED) is 0.286. The third-order valence-electron chi connectivity index (χ3n) is 4.08. The molecule has 5 nitrogen and oxygen atoms in total. The highest BCUT2D eigenvalue weighted by Crippen LogP contribution is 2.30. The van der Waals surface area contributed by atoms with Crippen LogP contribution in [-0.2, 0) is 4.74 Å². The molecule has 0 aliphatic heterocycles. The zero-order valence-electron chi connectivity index (χ0n) is 15.0. The number of ether oxygens (including phenoxy) is 1. The molecule has 0 aliphatic rings. The average molecular weight is 355 g/mol. The molecular weight excluding hydrogens is 323 g/mol. The predicted octanol–water partition coefficient (Wildman–Crippen LogP) is 2.70. The van der Waals surface area contributed by atoms with Gasteiger partial charge in [-0.1, -0.05) is 13.8 Å². The van der Waals surface area contributed by atoms with Crippen LogP contribution in [0.3, 0.4) is 0 Å². The van der Waals surface area contributed by atoms with Gasteiger partial charge in [-0.15, -0.1) is 0 Å². The molecule has 0 amide bonds. The third kappa shape index (κ3) is 10.7. The maximum absolute atomic E-state index is 11.9. The molecule has 144 valence electrons. The number of aliphatic hydroxyl groups is 1. The topological polar surface area (TPSA) is 65.9 Å². The summed E-state index contributed by atoms with van der Waals surface area (Å²) in [6.45, 7) is 6.88. The first kappa shape index (κ1) is 23.0. The highest BCUT2D eigenvalue weighted by atomic mass is 19.4. The summed E-state index contributed by atoms with van der Waals surface area (Å²) in [6, 6.07) is 0. The summed E-state index contributed by atoms with van der Waals surface area (Å²) in [5.41, 5.74) is -0.0209. The van der Waals surface area contributed by atoms with Crippen molar-refractivity contribution in [1.29, 1.82) is 0 Å². The summed E-state index contributed by atoms with van der Waals surface area (Å²) in [5.74, 6) is 0.637. The molecule has 0 saturated carbocycles. The van der Waals surface area contributed by atoms with Gasteiger partial charge in [-0.2, -0.15) is 13.2 Å². The zero-order chi connectivity index (χ0) is 18.5. The number of guanidine groups is 1. The Morgan fingerprint density at radius 3 is 2.29 bits per heavy atom. The van der Waals surface area contributed by atoms with Gasteiger partial charge in [0, 0.05) is 32.8 Å². The molecule has 0 heterocycles. The summed E-state index contributed by atoms with van der Waals surface area (Å²) >= 11 is 0. The van der Waals surface area contributed by atoms with E-state index in [2.05, 4.69) is 34.2 Å². The minimum absolute atomic E-state index is 0.0209. The van der Waals surface area contributed by atoms with Gasteiger partial charge >= 0.3 is 6.18 Å². The van der Waals surface area contributed by atoms with Crippen molar-refractivity contribution in [2.75, 3.05) is 39.5 Å². The largest absolute Gasteiger partial charge is 0.411 e. The molecule has 0 radical (unpaired) electrons. The van der Waals surface area contributed by atoms with Crippen molar-refractivity contribution in [3.05, 3.63) is 0 Å². The second-order valence-electron chi connectivity index (χ2n) is 5.82. The van der Waals surface area contributed by atoms with Crippen LogP contribution in [0.25, 0.3) is 0 Å². The molecule has 24 heavy (non-hydrogen) atoms. The molecule has 3 N–H and O–H groups in total. The lowest BCUT2D eigenvalue weighted by molar-refractivity contribution is -0.173. The molecule has 0 rings (SSSR count). The van der Waals surface area contributed by atoms with E-state index in [-0.39, 0.29) is 18.6 Å². The molecule has 0 spiro atoms. The van der Waals surface area contributed by atoms with Crippen LogP contribution in [0.15, 0.2) is 4.99 Å². The molecule has 0 aliphatic carbocycles. The van der Waals surface area contributed by atoms with Gasteiger partial charge in [-0.3, -0.25) is 4.99 Å². The van der Waals surface area contributed by atoms with Crippen LogP contribution < -0.4 is 10.6 Å². The number of nitrogens with one attached hydrogen (secondary N) is 2. The highest BCUT2D eigenvalue weighted by molar-refractivity contribution is 5.79. The molecule has 0 aromatic heterocycles. The van der Waals surface area contributed by atoms with E-state index in [0.29, 0.717) is 38.4 Å². The standard InChI is InChI=1S/C16H32F3N3O2/c1-4-15(5-2,8-10-23)12-22-14(20-6-3)21-9-7-11-24-13-16(17,18)19/h23H,4-13H2,1-3H3,(H2,20,21,22). The van der Waals surface area contributed by atoms with Crippen LogP contribution in [0.4, 0.5) is 13.2 Å². The number of aliphatic hydroxyl groups excluding tert-OH is 1. The Balaban J connectivity index is 4.32. The van der Waals surface area contributed by atoms with Crippen LogP contribution in [-0.4, -0.2) is 56.7 Å². The van der Waals surface area contributed by atoms with Crippen molar-refractivity contribution >= 4 is 5.96 Å². The van der Waals surface area contributed by atoms with Crippen LogP contribution in [0, 0.1) is 5.41 Å². The molecule has 0 aromatic carbocycles. The summed E-state index contributed by atoms with van der Waals surface area (Å²) < 4.78 is 40.4. The Morgan fingerprint density at radius 1 is 1.12 bits per heavy atom. The van der Waals surface area contributed by atoms with Gasteiger partial charge in [0.1, 0.15) is 6.61 Å². The molecule has 0 atom stereocenters. The van der Waals surface area contributed by atoms with Gasteiger partial charge in [0.15, 0.2) is 5.96 Å². The van der Waals surface area contributed by atoms with Crippen molar-refractivity contribution in [1.82, 2.24) is 10.6 Å². The molecule has 0 unspecified atom stereocenters. The summed E-state index contributed by atoms with van der Waals surface area (Å²) in [6.07, 6.45) is -1.26. The van der Waals surface area contributed by atoms with Crippen LogP contribution in [0.2, 0.25) is 0 Å². The van der Waals surface area contributed by atoms with Crippen LogP contribution in [0.1, 0.15) is 46.5 Å². The van der Waals surface area contributed by atoms with E-state index in [1.54, 1.807) is 0 Å². The SMILES string of the molecule is CCNC(=NCC(CC)(CC)CCO)NCCCOCC(F)(F)F. The minimum atomic E-state index is -4.28. The Labute approximate surface area is 143 Å². The second kappa shape index (κ2) is 12.4. The van der Waals surface area contributed by atoms with Gasteiger partial charge in [0.05, 0.1) is 0 Å². The lowest BCUT2D eigenvalue weighted by Gasteiger charge is -2.29. The molecule has 0 fully saturated rings. The monoisotopic (exact) mass is 355 g/mol. The normalized spacial score (nSPS) is 13.2. The van der Waals surface area contributed by atoms with E-state index in [0.717, 1.165) is 12.8 Å². The fourth-order valence-electron chi connectivity index (χ4n) is 2.30. The molecule has 0 saturated heterocycles. The first-order valence-electron chi connectivity index (χ1n) is 8.60. The third-order valence-corrected chi connectivity index (χ3v) is 4.08. The van der Waals surface area contributed by atoms with Crippen molar-refractivity contribution < 1.29 is 23.0 Å². The number of hydrogen-bond donors (Lipinski definition) is 3. The van der Waals surface area contributed by atoms with Crippen LogP contribution >= 0.6 is 0 Å². The minimum Gasteiger partial charge on any atom is -0.396 e. The number of hydrogen-bond acceptors (Lipinski definition) is 3.